The second-order valence-electron chi connectivity index (χ2n) is 4.61. The van der Waals surface area contributed by atoms with Crippen LogP contribution in [0.25, 0.3) is 0 Å². The van der Waals surface area contributed by atoms with Gasteiger partial charge in [0.15, 0.2) is 5.78 Å². The van der Waals surface area contributed by atoms with E-state index >= 15 is 0 Å². The number of Topliss-reactive ketones (excluding diaryl/α,β-unsaturated/α-hetero) is 1. The van der Waals surface area contributed by atoms with Crippen molar-refractivity contribution in [1.29, 1.82) is 0 Å². The maximum Gasteiger partial charge on any atom is 0.222 e. The van der Waals surface area contributed by atoms with E-state index in [-0.39, 0.29) is 24.5 Å². The van der Waals surface area contributed by atoms with Gasteiger partial charge in [-0.15, -0.1) is 11.3 Å². The molecule has 0 saturated carbocycles. The lowest BCUT2D eigenvalue weighted by Crippen LogP contribution is -2.29. The van der Waals surface area contributed by atoms with Crippen molar-refractivity contribution in [3.05, 3.63) is 20.3 Å². The molecule has 0 aliphatic heterocycles. The van der Waals surface area contributed by atoms with E-state index in [2.05, 4.69) is 0 Å². The number of amides is 1. The lowest BCUT2D eigenvalue weighted by molar-refractivity contribution is -0.130. The van der Waals surface area contributed by atoms with Gasteiger partial charge in [-0.05, 0) is 19.4 Å². The Bertz CT molecular complexity index is 488. The van der Waals surface area contributed by atoms with E-state index in [1.54, 1.807) is 14.0 Å². The van der Waals surface area contributed by atoms with Crippen LogP contribution in [0.4, 0.5) is 0 Å². The smallest absolute Gasteiger partial charge is 0.222 e. The van der Waals surface area contributed by atoms with Crippen LogP contribution in [-0.2, 0) is 4.79 Å². The molecule has 0 saturated heterocycles. The number of hydrogen-bond donors (Lipinski definition) is 1. The first-order valence-corrected chi connectivity index (χ1v) is 7.78. The molecule has 0 spiro atoms. The molecule has 4 nitrogen and oxygen atoms in total. The van der Waals surface area contributed by atoms with Gasteiger partial charge in [-0.2, -0.15) is 0 Å². The quantitative estimate of drug-likeness (QED) is 0.777. The van der Waals surface area contributed by atoms with Gasteiger partial charge in [0.1, 0.15) is 4.34 Å². The highest BCUT2D eigenvalue weighted by molar-refractivity contribution is 7.20. The molecule has 20 heavy (non-hydrogen) atoms. The van der Waals surface area contributed by atoms with Crippen molar-refractivity contribution in [2.45, 2.75) is 32.3 Å². The monoisotopic (exact) mass is 337 g/mol. The number of hydrogen-bond acceptors (Lipinski definition) is 4. The minimum Gasteiger partial charge on any atom is -0.393 e. The van der Waals surface area contributed by atoms with Crippen molar-refractivity contribution in [1.82, 2.24) is 4.90 Å². The van der Waals surface area contributed by atoms with Crippen LogP contribution in [0.1, 0.15) is 36.5 Å². The first-order valence-electron chi connectivity index (χ1n) is 6.21. The Labute approximate surface area is 132 Å². The summed E-state index contributed by atoms with van der Waals surface area (Å²) in [6, 6.07) is 1.53. The van der Waals surface area contributed by atoms with Crippen LogP contribution in [0.3, 0.4) is 0 Å². The Morgan fingerprint density at radius 1 is 1.40 bits per heavy atom. The molecule has 1 unspecified atom stereocenters. The summed E-state index contributed by atoms with van der Waals surface area (Å²) < 4.78 is 0.814. The minimum absolute atomic E-state index is 0.102. The molecule has 0 aromatic carbocycles. The third-order valence-corrected chi connectivity index (χ3v) is 4.32. The van der Waals surface area contributed by atoms with Gasteiger partial charge < -0.3 is 10.0 Å². The average molecular weight is 338 g/mol. The number of ketones is 1. The second kappa shape index (κ2) is 7.98. The van der Waals surface area contributed by atoms with Gasteiger partial charge in [0, 0.05) is 32.0 Å². The van der Waals surface area contributed by atoms with Crippen molar-refractivity contribution < 1.29 is 14.7 Å². The van der Waals surface area contributed by atoms with Crippen LogP contribution in [0.2, 0.25) is 8.67 Å². The van der Waals surface area contributed by atoms with Gasteiger partial charge >= 0.3 is 0 Å². The molecule has 7 heteroatoms. The highest BCUT2D eigenvalue weighted by Gasteiger charge is 2.17. The largest absolute Gasteiger partial charge is 0.393 e. The molecule has 1 rings (SSSR count). The number of rotatable bonds is 7. The molecule has 0 bridgehead atoms. The Balaban J connectivity index is 2.44. The van der Waals surface area contributed by atoms with E-state index in [4.69, 9.17) is 28.3 Å². The Hall–Kier alpha value is -0.620. The number of nitrogens with zero attached hydrogens (tertiary/aromatic N) is 1. The average Bonchev–Trinajstić information content (AvgIpc) is 2.71. The normalized spacial score (nSPS) is 12.2. The predicted octanol–water partition coefficient (Wildman–Crippen LogP) is 3.25. The molecular weight excluding hydrogens is 321 g/mol. The van der Waals surface area contributed by atoms with Crippen molar-refractivity contribution in [2.75, 3.05) is 13.6 Å². The molecule has 112 valence electrons. The van der Waals surface area contributed by atoms with Crippen LogP contribution in [0.15, 0.2) is 6.07 Å². The fourth-order valence-electron chi connectivity index (χ4n) is 1.58. The van der Waals surface area contributed by atoms with Crippen molar-refractivity contribution in [3.63, 3.8) is 0 Å². The molecule has 0 aliphatic carbocycles. The molecule has 1 N–H and O–H groups in total. The van der Waals surface area contributed by atoms with Crippen molar-refractivity contribution in [2.24, 2.45) is 0 Å². The van der Waals surface area contributed by atoms with Crippen LogP contribution < -0.4 is 0 Å². The van der Waals surface area contributed by atoms with Gasteiger partial charge in [0.05, 0.1) is 10.4 Å². The molecule has 0 radical (unpaired) electrons. The van der Waals surface area contributed by atoms with Crippen molar-refractivity contribution >= 4 is 46.2 Å². The van der Waals surface area contributed by atoms with Gasteiger partial charge in [0.25, 0.3) is 0 Å². The maximum atomic E-state index is 11.9. The van der Waals surface area contributed by atoms with E-state index in [1.807, 2.05) is 0 Å². The van der Waals surface area contributed by atoms with Gasteiger partial charge in [-0.3, -0.25) is 9.59 Å². The third kappa shape index (κ3) is 5.40. The summed E-state index contributed by atoms with van der Waals surface area (Å²) in [6.07, 6.45) is 0.296. The lowest BCUT2D eigenvalue weighted by Gasteiger charge is -2.17. The zero-order valence-corrected chi connectivity index (χ0v) is 13.7. The van der Waals surface area contributed by atoms with Crippen LogP contribution in [0.5, 0.6) is 0 Å². The molecule has 1 aromatic rings. The standard InChI is InChI=1S/C13H17Cl2NO3S/c1-8(17)5-6-16(2)12(19)4-3-10(18)9-7-11(14)20-13(9)15/h7-8,17H,3-6H2,1-2H3. The number of aliphatic hydroxyl groups excluding tert-OH is 1. The predicted molar refractivity (Wildman–Crippen MR) is 81.8 cm³/mol. The molecule has 0 fully saturated rings. The molecule has 1 aromatic heterocycles. The lowest BCUT2D eigenvalue weighted by atomic mass is 10.1. The van der Waals surface area contributed by atoms with Gasteiger partial charge in [0.2, 0.25) is 5.91 Å². The van der Waals surface area contributed by atoms with Crippen LogP contribution in [0, 0.1) is 0 Å². The summed E-state index contributed by atoms with van der Waals surface area (Å²) in [5, 5.41) is 9.16. The zero-order chi connectivity index (χ0) is 15.3. The van der Waals surface area contributed by atoms with E-state index in [0.717, 1.165) is 11.3 Å². The highest BCUT2D eigenvalue weighted by atomic mass is 35.5. The van der Waals surface area contributed by atoms with Gasteiger partial charge in [-0.25, -0.2) is 0 Å². The number of carbonyl (C=O) groups excluding carboxylic acids is 2. The number of halogens is 2. The molecule has 1 heterocycles. The summed E-state index contributed by atoms with van der Waals surface area (Å²) >= 11 is 12.8. The summed E-state index contributed by atoms with van der Waals surface area (Å²) in [7, 11) is 1.66. The van der Waals surface area contributed by atoms with E-state index in [9.17, 15) is 9.59 Å². The Morgan fingerprint density at radius 3 is 2.55 bits per heavy atom. The Kier molecular flexibility index (Phi) is 6.95. The zero-order valence-electron chi connectivity index (χ0n) is 11.4. The fourth-order valence-corrected chi connectivity index (χ4v) is 3.08. The number of thiophene rings is 1. The first kappa shape index (κ1) is 17.4. The molecule has 1 atom stereocenters. The van der Waals surface area contributed by atoms with E-state index < -0.39 is 6.10 Å². The summed E-state index contributed by atoms with van der Waals surface area (Å²) in [5.41, 5.74) is 0.376. The second-order valence-corrected chi connectivity index (χ2v) is 6.90. The molecular formula is C13H17Cl2NO3S. The number of carbonyl (C=O) groups is 2. The van der Waals surface area contributed by atoms with E-state index in [1.165, 1.54) is 11.0 Å². The van der Waals surface area contributed by atoms with Crippen molar-refractivity contribution in [3.8, 4) is 0 Å². The third-order valence-electron chi connectivity index (χ3n) is 2.83. The van der Waals surface area contributed by atoms with E-state index in [0.29, 0.717) is 27.2 Å². The molecule has 0 aliphatic rings. The van der Waals surface area contributed by atoms with Crippen LogP contribution in [-0.4, -0.2) is 41.4 Å². The number of aliphatic hydroxyl groups is 1. The molecule has 1 amide bonds. The summed E-state index contributed by atoms with van der Waals surface area (Å²) in [4.78, 5) is 25.3. The topological polar surface area (TPSA) is 57.6 Å². The first-order chi connectivity index (χ1) is 9.31. The highest BCUT2D eigenvalue weighted by Crippen LogP contribution is 2.32. The fraction of sp³-hybridized carbons (Fsp3) is 0.538. The summed E-state index contributed by atoms with van der Waals surface area (Å²) in [6.45, 7) is 2.14. The Morgan fingerprint density at radius 2 is 2.05 bits per heavy atom. The van der Waals surface area contributed by atoms with Gasteiger partial charge in [-0.1, -0.05) is 23.2 Å². The minimum atomic E-state index is -0.446. The summed E-state index contributed by atoms with van der Waals surface area (Å²) in [5.74, 6) is -0.313. The SMILES string of the molecule is CC(O)CCN(C)C(=O)CCC(=O)c1cc(Cl)sc1Cl. The van der Waals surface area contributed by atoms with Crippen LogP contribution >= 0.6 is 34.5 Å². The maximum absolute atomic E-state index is 11.9.